The van der Waals surface area contributed by atoms with Gasteiger partial charge in [-0.1, -0.05) is 0 Å². The summed E-state index contributed by atoms with van der Waals surface area (Å²) in [6.45, 7) is 8.00. The van der Waals surface area contributed by atoms with Crippen molar-refractivity contribution in [3.05, 3.63) is 0 Å². The molecule has 60 valence electrons. The fourth-order valence-electron chi connectivity index (χ4n) is 1.65. The molecule has 10 heavy (non-hydrogen) atoms. The first-order chi connectivity index (χ1) is 4.66. The molecule has 1 aliphatic rings. The molecule has 1 saturated heterocycles. The SMILES string of the molecule is CNC1CN(C(C)C)C1C. The summed E-state index contributed by atoms with van der Waals surface area (Å²) in [4.78, 5) is 2.50. The highest BCUT2D eigenvalue weighted by molar-refractivity contribution is 4.94. The summed E-state index contributed by atoms with van der Waals surface area (Å²) in [6.07, 6.45) is 0. The van der Waals surface area contributed by atoms with Gasteiger partial charge >= 0.3 is 0 Å². The van der Waals surface area contributed by atoms with Crippen molar-refractivity contribution in [1.82, 2.24) is 10.2 Å². The highest BCUT2D eigenvalue weighted by atomic mass is 15.3. The first kappa shape index (κ1) is 8.02. The monoisotopic (exact) mass is 142 g/mol. The van der Waals surface area contributed by atoms with Crippen LogP contribution in [-0.4, -0.2) is 36.6 Å². The molecule has 2 unspecified atom stereocenters. The molecule has 1 fully saturated rings. The predicted octanol–water partition coefficient (Wildman–Crippen LogP) is 0.687. The topological polar surface area (TPSA) is 15.3 Å². The molecule has 1 N–H and O–H groups in total. The summed E-state index contributed by atoms with van der Waals surface area (Å²) in [7, 11) is 2.04. The number of hydrogen-bond donors (Lipinski definition) is 1. The van der Waals surface area contributed by atoms with E-state index in [0.717, 1.165) is 12.1 Å². The molecule has 0 bridgehead atoms. The van der Waals surface area contributed by atoms with Gasteiger partial charge in [-0.05, 0) is 27.8 Å². The van der Waals surface area contributed by atoms with Crippen LogP contribution in [0.3, 0.4) is 0 Å². The van der Waals surface area contributed by atoms with E-state index in [1.165, 1.54) is 6.54 Å². The molecule has 0 saturated carbocycles. The van der Waals surface area contributed by atoms with Crippen LogP contribution in [0.15, 0.2) is 0 Å². The fourth-order valence-corrected chi connectivity index (χ4v) is 1.65. The molecule has 1 aliphatic heterocycles. The van der Waals surface area contributed by atoms with Gasteiger partial charge in [-0.25, -0.2) is 0 Å². The lowest BCUT2D eigenvalue weighted by atomic mass is 9.96. The summed E-state index contributed by atoms with van der Waals surface area (Å²) < 4.78 is 0. The molecule has 2 atom stereocenters. The van der Waals surface area contributed by atoms with Crippen LogP contribution in [0, 0.1) is 0 Å². The van der Waals surface area contributed by atoms with Crippen LogP contribution in [0.2, 0.25) is 0 Å². The van der Waals surface area contributed by atoms with Crippen molar-refractivity contribution >= 4 is 0 Å². The molecular weight excluding hydrogens is 124 g/mol. The summed E-state index contributed by atoms with van der Waals surface area (Å²) in [5.74, 6) is 0. The van der Waals surface area contributed by atoms with Gasteiger partial charge in [0.25, 0.3) is 0 Å². The Hall–Kier alpha value is -0.0800. The van der Waals surface area contributed by atoms with Crippen LogP contribution in [0.1, 0.15) is 20.8 Å². The quantitative estimate of drug-likeness (QED) is 0.610. The van der Waals surface area contributed by atoms with Gasteiger partial charge in [0.05, 0.1) is 0 Å². The molecule has 2 nitrogen and oxygen atoms in total. The highest BCUT2D eigenvalue weighted by Gasteiger charge is 2.35. The molecule has 1 heterocycles. The Balaban J connectivity index is 2.31. The lowest BCUT2D eigenvalue weighted by Gasteiger charge is -2.48. The molecule has 0 amide bonds. The molecular formula is C8H18N2. The molecule has 0 spiro atoms. The predicted molar refractivity (Wildman–Crippen MR) is 44.2 cm³/mol. The Kier molecular flexibility index (Phi) is 2.32. The minimum absolute atomic E-state index is 0.708. The van der Waals surface area contributed by atoms with E-state index < -0.39 is 0 Å². The Morgan fingerprint density at radius 3 is 2.40 bits per heavy atom. The second kappa shape index (κ2) is 2.89. The van der Waals surface area contributed by atoms with E-state index in [9.17, 15) is 0 Å². The summed E-state index contributed by atoms with van der Waals surface area (Å²) >= 11 is 0. The largest absolute Gasteiger partial charge is 0.314 e. The molecule has 0 radical (unpaired) electrons. The van der Waals surface area contributed by atoms with Gasteiger partial charge in [0, 0.05) is 24.7 Å². The number of likely N-dealkylation sites (tertiary alicyclic amines) is 1. The maximum Gasteiger partial charge on any atom is 0.0346 e. The average Bonchev–Trinajstić information content (AvgIpc) is 1.85. The third kappa shape index (κ3) is 1.18. The second-order valence-electron chi connectivity index (χ2n) is 3.43. The molecule has 2 heteroatoms. The zero-order valence-electron chi connectivity index (χ0n) is 7.39. The van der Waals surface area contributed by atoms with Gasteiger partial charge in [-0.3, -0.25) is 4.90 Å². The Labute approximate surface area is 63.6 Å². The summed E-state index contributed by atoms with van der Waals surface area (Å²) in [6, 6.07) is 2.16. The molecule has 0 aromatic carbocycles. The number of rotatable bonds is 2. The highest BCUT2D eigenvalue weighted by Crippen LogP contribution is 2.19. The lowest BCUT2D eigenvalue weighted by Crippen LogP contribution is -2.65. The average molecular weight is 142 g/mol. The zero-order chi connectivity index (χ0) is 7.72. The van der Waals surface area contributed by atoms with Gasteiger partial charge in [0.2, 0.25) is 0 Å². The Morgan fingerprint density at radius 2 is 2.10 bits per heavy atom. The number of likely N-dealkylation sites (N-methyl/N-ethyl adjacent to an activating group) is 1. The lowest BCUT2D eigenvalue weighted by molar-refractivity contribution is 0.0297. The van der Waals surface area contributed by atoms with Crippen LogP contribution in [0.5, 0.6) is 0 Å². The maximum atomic E-state index is 3.29. The van der Waals surface area contributed by atoms with Crippen LogP contribution in [-0.2, 0) is 0 Å². The van der Waals surface area contributed by atoms with Gasteiger partial charge in [0.1, 0.15) is 0 Å². The van der Waals surface area contributed by atoms with Crippen molar-refractivity contribution in [3.63, 3.8) is 0 Å². The van der Waals surface area contributed by atoms with Crippen molar-refractivity contribution in [3.8, 4) is 0 Å². The molecule has 0 aromatic rings. The standard InChI is InChI=1S/C8H18N2/c1-6(2)10-5-8(9-4)7(10)3/h6-9H,5H2,1-4H3. The second-order valence-corrected chi connectivity index (χ2v) is 3.43. The van der Waals surface area contributed by atoms with Crippen molar-refractivity contribution in [2.75, 3.05) is 13.6 Å². The maximum absolute atomic E-state index is 3.29. The summed E-state index contributed by atoms with van der Waals surface area (Å²) in [5.41, 5.74) is 0. The van der Waals surface area contributed by atoms with E-state index in [0.29, 0.717) is 6.04 Å². The minimum Gasteiger partial charge on any atom is -0.314 e. The van der Waals surface area contributed by atoms with Gasteiger partial charge in [-0.2, -0.15) is 0 Å². The van der Waals surface area contributed by atoms with Gasteiger partial charge in [-0.15, -0.1) is 0 Å². The zero-order valence-corrected chi connectivity index (χ0v) is 7.39. The van der Waals surface area contributed by atoms with Crippen molar-refractivity contribution in [2.45, 2.75) is 38.9 Å². The van der Waals surface area contributed by atoms with Gasteiger partial charge in [0.15, 0.2) is 0 Å². The van der Waals surface area contributed by atoms with E-state index in [1.807, 2.05) is 7.05 Å². The van der Waals surface area contributed by atoms with E-state index in [4.69, 9.17) is 0 Å². The van der Waals surface area contributed by atoms with Crippen molar-refractivity contribution in [1.29, 1.82) is 0 Å². The van der Waals surface area contributed by atoms with Crippen molar-refractivity contribution < 1.29 is 0 Å². The number of nitrogens with one attached hydrogen (secondary N) is 1. The smallest absolute Gasteiger partial charge is 0.0346 e. The van der Waals surface area contributed by atoms with Crippen LogP contribution in [0.25, 0.3) is 0 Å². The number of nitrogens with zero attached hydrogens (tertiary/aromatic N) is 1. The van der Waals surface area contributed by atoms with Crippen LogP contribution in [0.4, 0.5) is 0 Å². The number of hydrogen-bond acceptors (Lipinski definition) is 2. The molecule has 1 rings (SSSR count). The van der Waals surface area contributed by atoms with Crippen LogP contribution >= 0.6 is 0 Å². The Bertz CT molecular complexity index is 112. The fraction of sp³-hybridized carbons (Fsp3) is 1.00. The molecule has 0 aromatic heterocycles. The van der Waals surface area contributed by atoms with E-state index in [-0.39, 0.29) is 0 Å². The minimum atomic E-state index is 0.708. The third-order valence-electron chi connectivity index (χ3n) is 2.55. The summed E-state index contributed by atoms with van der Waals surface area (Å²) in [5, 5.41) is 3.29. The molecule has 0 aliphatic carbocycles. The normalized spacial score (nSPS) is 34.5. The van der Waals surface area contributed by atoms with Crippen molar-refractivity contribution in [2.24, 2.45) is 0 Å². The van der Waals surface area contributed by atoms with E-state index >= 15 is 0 Å². The van der Waals surface area contributed by atoms with E-state index in [2.05, 4.69) is 31.0 Å². The third-order valence-corrected chi connectivity index (χ3v) is 2.55. The van der Waals surface area contributed by atoms with E-state index in [1.54, 1.807) is 0 Å². The van der Waals surface area contributed by atoms with Gasteiger partial charge < -0.3 is 5.32 Å². The Morgan fingerprint density at radius 1 is 1.50 bits per heavy atom. The first-order valence-electron chi connectivity index (χ1n) is 4.09. The van der Waals surface area contributed by atoms with Crippen LogP contribution < -0.4 is 5.32 Å². The first-order valence-corrected chi connectivity index (χ1v) is 4.09.